The number of ketones is 1. The van der Waals surface area contributed by atoms with Gasteiger partial charge in [0.25, 0.3) is 5.91 Å². The molecular weight excluding hydrogens is 706 g/mol. The van der Waals surface area contributed by atoms with Crippen LogP contribution in [0.4, 0.5) is 0 Å². The van der Waals surface area contributed by atoms with Gasteiger partial charge in [0.15, 0.2) is 0 Å². The van der Waals surface area contributed by atoms with Crippen LogP contribution >= 0.6 is 11.6 Å². The number of carbonyl (C=O) groups is 4. The highest BCUT2D eigenvalue weighted by molar-refractivity contribution is 7.88. The van der Waals surface area contributed by atoms with Crippen LogP contribution in [0.3, 0.4) is 0 Å². The van der Waals surface area contributed by atoms with Crippen molar-refractivity contribution in [3.05, 3.63) is 107 Å². The molecule has 0 bridgehead atoms. The van der Waals surface area contributed by atoms with E-state index in [1.807, 2.05) is 72.8 Å². The van der Waals surface area contributed by atoms with Crippen LogP contribution in [0, 0.1) is 0 Å². The Morgan fingerprint density at radius 2 is 1.50 bits per heavy atom. The van der Waals surface area contributed by atoms with Crippen LogP contribution in [0.2, 0.25) is 5.02 Å². The Labute approximate surface area is 310 Å². The minimum atomic E-state index is -3.82. The molecule has 3 aromatic carbocycles. The number of hydrogen-bond donors (Lipinski definition) is 4. The van der Waals surface area contributed by atoms with Gasteiger partial charge in [-0.05, 0) is 73.9 Å². The Morgan fingerprint density at radius 3 is 2.12 bits per heavy atom. The fraction of sp³-hybridized carbons (Fsp3) is 0.421. The predicted octanol–water partition coefficient (Wildman–Crippen LogP) is 2.92. The molecule has 52 heavy (non-hydrogen) atoms. The van der Waals surface area contributed by atoms with E-state index in [0.29, 0.717) is 37.3 Å². The van der Waals surface area contributed by atoms with E-state index in [0.717, 1.165) is 22.9 Å². The quantitative estimate of drug-likeness (QED) is 0.101. The van der Waals surface area contributed by atoms with Crippen molar-refractivity contribution in [1.29, 1.82) is 0 Å². The van der Waals surface area contributed by atoms with Crippen LogP contribution in [0.1, 0.15) is 48.8 Å². The maximum absolute atomic E-state index is 14.2. The summed E-state index contributed by atoms with van der Waals surface area (Å²) in [7, 11) is -3.82. The number of Topliss-reactive ketones (excluding diaryl/α,β-unsaturated/α-hetero) is 1. The van der Waals surface area contributed by atoms with Gasteiger partial charge in [-0.3, -0.25) is 19.2 Å². The molecule has 0 spiro atoms. The number of unbranched alkanes of at least 4 members (excludes halogenated alkanes) is 1. The second kappa shape index (κ2) is 20.2. The van der Waals surface area contributed by atoms with Gasteiger partial charge in [0.05, 0.1) is 25.0 Å². The summed E-state index contributed by atoms with van der Waals surface area (Å²) in [6.45, 7) is 0.783. The summed E-state index contributed by atoms with van der Waals surface area (Å²) >= 11 is 6.03. The Hall–Kier alpha value is -4.14. The fourth-order valence-electron chi connectivity index (χ4n) is 6.09. The standard InChI is InChI=1S/C38H48ClN5O7S/c1-52(49,50)43-33(20-17-27-10-4-2-5-11-27)38(48)44-25-31(51-26-29-15-18-30(39)19-16-29)24-34(44)36(46)42-32(14-8-9-22-40)35(45)37(47)41-23-21-28-12-6-3-7-13-28/h2-7,10-13,15-16,18-19,31-34,43H,8-9,14,17,20-26,40H2,1H3,(H,41,47)(H,42,46)/t31-,32+,33-,34+/m1/s1. The molecule has 0 radical (unpaired) electrons. The summed E-state index contributed by atoms with van der Waals surface area (Å²) in [5.41, 5.74) is 8.43. The molecule has 4 atom stereocenters. The molecule has 1 aliphatic heterocycles. The van der Waals surface area contributed by atoms with E-state index in [1.165, 1.54) is 4.90 Å². The number of hydrogen-bond acceptors (Lipinski definition) is 8. The third kappa shape index (κ3) is 13.1. The molecule has 0 aliphatic carbocycles. The smallest absolute Gasteiger partial charge is 0.289 e. The topological polar surface area (TPSA) is 177 Å². The van der Waals surface area contributed by atoms with Gasteiger partial charge >= 0.3 is 0 Å². The summed E-state index contributed by atoms with van der Waals surface area (Å²) in [4.78, 5) is 56.0. The summed E-state index contributed by atoms with van der Waals surface area (Å²) in [5, 5.41) is 5.97. The van der Waals surface area contributed by atoms with E-state index in [2.05, 4.69) is 15.4 Å². The van der Waals surface area contributed by atoms with Crippen LogP contribution in [-0.4, -0.2) is 86.9 Å². The molecule has 280 valence electrons. The molecule has 12 nitrogen and oxygen atoms in total. The third-order valence-electron chi connectivity index (χ3n) is 8.81. The first-order valence-corrected chi connectivity index (χ1v) is 19.7. The van der Waals surface area contributed by atoms with Gasteiger partial charge in [0, 0.05) is 24.5 Å². The molecule has 1 heterocycles. The Bertz CT molecular complexity index is 1730. The van der Waals surface area contributed by atoms with E-state index in [4.69, 9.17) is 22.1 Å². The largest absolute Gasteiger partial charge is 0.372 e. The van der Waals surface area contributed by atoms with Crippen molar-refractivity contribution in [2.75, 3.05) is 25.9 Å². The van der Waals surface area contributed by atoms with Crippen LogP contribution in [0.5, 0.6) is 0 Å². The Balaban J connectivity index is 1.52. The zero-order valence-electron chi connectivity index (χ0n) is 29.3. The number of amides is 3. The monoisotopic (exact) mass is 753 g/mol. The number of nitrogens with zero attached hydrogens (tertiary/aromatic N) is 1. The zero-order valence-corrected chi connectivity index (χ0v) is 30.9. The third-order valence-corrected chi connectivity index (χ3v) is 9.78. The predicted molar refractivity (Wildman–Crippen MR) is 200 cm³/mol. The molecule has 1 aliphatic rings. The number of nitrogens with one attached hydrogen (secondary N) is 3. The number of aryl methyl sites for hydroxylation is 1. The van der Waals surface area contributed by atoms with Gasteiger partial charge in [-0.15, -0.1) is 0 Å². The number of benzene rings is 3. The van der Waals surface area contributed by atoms with E-state index in [1.54, 1.807) is 12.1 Å². The summed E-state index contributed by atoms with van der Waals surface area (Å²) in [5.74, 6) is -2.86. The lowest BCUT2D eigenvalue weighted by Crippen LogP contribution is -2.56. The minimum absolute atomic E-state index is 0.00352. The average Bonchev–Trinajstić information content (AvgIpc) is 3.57. The van der Waals surface area contributed by atoms with Crippen LogP contribution in [0.25, 0.3) is 0 Å². The maximum atomic E-state index is 14.2. The van der Waals surface area contributed by atoms with E-state index < -0.39 is 57.8 Å². The van der Waals surface area contributed by atoms with Crippen molar-refractivity contribution >= 4 is 45.1 Å². The number of rotatable bonds is 20. The number of sulfonamides is 1. The summed E-state index contributed by atoms with van der Waals surface area (Å²) in [6.07, 6.45) is 2.75. The highest BCUT2D eigenvalue weighted by Crippen LogP contribution is 2.25. The van der Waals surface area contributed by atoms with Gasteiger partial charge < -0.3 is 26.0 Å². The van der Waals surface area contributed by atoms with Crippen LogP contribution in [0.15, 0.2) is 84.9 Å². The van der Waals surface area contributed by atoms with Crippen molar-refractivity contribution in [3.63, 3.8) is 0 Å². The average molecular weight is 754 g/mol. The molecule has 4 rings (SSSR count). The van der Waals surface area contributed by atoms with E-state index in [9.17, 15) is 27.6 Å². The zero-order chi connectivity index (χ0) is 37.5. The Kier molecular flexibility index (Phi) is 15.8. The molecule has 0 aromatic heterocycles. The van der Waals surface area contributed by atoms with Crippen molar-refractivity contribution in [2.24, 2.45) is 5.73 Å². The molecule has 1 saturated heterocycles. The second-order valence-corrected chi connectivity index (χ2v) is 15.2. The number of likely N-dealkylation sites (tertiary alicyclic amines) is 1. The molecular formula is C38H48ClN5O7S. The van der Waals surface area contributed by atoms with E-state index in [-0.39, 0.29) is 39.0 Å². The minimum Gasteiger partial charge on any atom is -0.372 e. The van der Waals surface area contributed by atoms with Gasteiger partial charge in [0.1, 0.15) is 12.1 Å². The maximum Gasteiger partial charge on any atom is 0.289 e. The van der Waals surface area contributed by atoms with Gasteiger partial charge in [-0.25, -0.2) is 13.1 Å². The Morgan fingerprint density at radius 1 is 0.865 bits per heavy atom. The highest BCUT2D eigenvalue weighted by atomic mass is 35.5. The fourth-order valence-corrected chi connectivity index (χ4v) is 6.95. The van der Waals surface area contributed by atoms with Crippen LogP contribution in [-0.2, 0) is 53.4 Å². The second-order valence-electron chi connectivity index (χ2n) is 13.0. The first-order chi connectivity index (χ1) is 24.9. The normalized spacial score (nSPS) is 16.9. The van der Waals surface area contributed by atoms with Crippen molar-refractivity contribution in [3.8, 4) is 0 Å². The van der Waals surface area contributed by atoms with Gasteiger partial charge in [-0.1, -0.05) is 84.4 Å². The van der Waals surface area contributed by atoms with Crippen molar-refractivity contribution < 1.29 is 32.3 Å². The number of halogens is 1. The van der Waals surface area contributed by atoms with E-state index >= 15 is 0 Å². The lowest BCUT2D eigenvalue weighted by molar-refractivity contribution is -0.142. The first kappa shape index (κ1) is 40.6. The lowest BCUT2D eigenvalue weighted by Gasteiger charge is -2.29. The molecule has 14 heteroatoms. The number of ether oxygens (including phenoxy) is 1. The van der Waals surface area contributed by atoms with Gasteiger partial charge in [0.2, 0.25) is 27.6 Å². The molecule has 0 saturated carbocycles. The molecule has 3 aromatic rings. The van der Waals surface area contributed by atoms with Crippen LogP contribution < -0.4 is 21.1 Å². The SMILES string of the molecule is CS(=O)(=O)N[C@H](CCc1ccccc1)C(=O)N1C[C@H](OCc2ccc(Cl)cc2)C[C@H]1C(=O)N[C@@H](CCCCN)C(=O)C(=O)NCCc1ccccc1. The van der Waals surface area contributed by atoms with Crippen molar-refractivity contribution in [2.45, 2.75) is 75.8 Å². The van der Waals surface area contributed by atoms with Crippen molar-refractivity contribution in [1.82, 2.24) is 20.3 Å². The highest BCUT2D eigenvalue weighted by Gasteiger charge is 2.43. The number of nitrogens with two attached hydrogens (primary N) is 1. The summed E-state index contributed by atoms with van der Waals surface area (Å²) in [6, 6.07) is 22.5. The number of carbonyl (C=O) groups excluding carboxylic acids is 4. The molecule has 1 fully saturated rings. The van der Waals surface area contributed by atoms with Gasteiger partial charge in [-0.2, -0.15) is 0 Å². The molecule has 0 unspecified atom stereocenters. The summed E-state index contributed by atoms with van der Waals surface area (Å²) < 4.78 is 33.4. The lowest BCUT2D eigenvalue weighted by atomic mass is 10.0. The molecule has 3 amide bonds. The first-order valence-electron chi connectivity index (χ1n) is 17.5. The molecule has 5 N–H and O–H groups in total.